The summed E-state index contributed by atoms with van der Waals surface area (Å²) in [5.74, 6) is -0.354. The smallest absolute Gasteiger partial charge is 0.239 e. The minimum atomic E-state index is -0.354. The second-order valence-electron chi connectivity index (χ2n) is 2.75. The van der Waals surface area contributed by atoms with Crippen molar-refractivity contribution in [1.82, 2.24) is 9.78 Å². The lowest BCUT2D eigenvalue weighted by Crippen LogP contribution is -2.20. The largest absolute Gasteiger partial charge is 0.368 e. The average molecular weight is 197 g/mol. The molecule has 0 radical (unpaired) electrons. The average Bonchev–Trinajstić information content (AvgIpc) is 2.48. The second kappa shape index (κ2) is 6.18. The molecule has 0 fully saturated rings. The van der Waals surface area contributed by atoms with Gasteiger partial charge in [0.15, 0.2) is 0 Å². The highest BCUT2D eigenvalue weighted by Gasteiger charge is 2.04. The number of nitrogens with zero attached hydrogens (tertiary/aromatic N) is 2. The summed E-state index contributed by atoms with van der Waals surface area (Å²) < 4.78 is 1.65. The van der Waals surface area contributed by atoms with Crippen molar-refractivity contribution >= 4 is 5.91 Å². The first-order valence-electron chi connectivity index (χ1n) is 4.95. The highest BCUT2D eigenvalue weighted by atomic mass is 16.1. The summed E-state index contributed by atoms with van der Waals surface area (Å²) in [7, 11) is 0. The first-order valence-corrected chi connectivity index (χ1v) is 4.95. The van der Waals surface area contributed by atoms with E-state index in [1.807, 2.05) is 33.8 Å². The van der Waals surface area contributed by atoms with Gasteiger partial charge in [-0.1, -0.05) is 20.8 Å². The van der Waals surface area contributed by atoms with Crippen LogP contribution in [0.4, 0.5) is 0 Å². The second-order valence-corrected chi connectivity index (χ2v) is 2.75. The summed E-state index contributed by atoms with van der Waals surface area (Å²) >= 11 is 0. The van der Waals surface area contributed by atoms with Crippen molar-refractivity contribution in [3.8, 4) is 0 Å². The standard InChI is InChI=1S/C8H13N3O.C2H6/c1-3-7-4-6(2)10-11(7)5-8(9)12;1-2/h4H,3,5H2,1-2H3,(H2,9,12);1-2H3. The monoisotopic (exact) mass is 197 g/mol. The molecule has 0 aromatic carbocycles. The molecule has 0 saturated heterocycles. The molecule has 4 heteroatoms. The summed E-state index contributed by atoms with van der Waals surface area (Å²) in [6, 6.07) is 1.96. The van der Waals surface area contributed by atoms with Crippen molar-refractivity contribution in [3.05, 3.63) is 17.5 Å². The highest BCUT2D eigenvalue weighted by molar-refractivity contribution is 5.73. The van der Waals surface area contributed by atoms with Crippen LogP contribution in [0.2, 0.25) is 0 Å². The summed E-state index contributed by atoms with van der Waals surface area (Å²) in [5.41, 5.74) is 7.03. The Labute approximate surface area is 85.1 Å². The third kappa shape index (κ3) is 3.60. The molecule has 1 aromatic rings. The van der Waals surface area contributed by atoms with Gasteiger partial charge < -0.3 is 5.73 Å². The minimum Gasteiger partial charge on any atom is -0.368 e. The molecule has 80 valence electrons. The predicted octanol–water partition coefficient (Wildman–Crippen LogP) is 1.27. The number of aromatic nitrogens is 2. The summed E-state index contributed by atoms with van der Waals surface area (Å²) in [6.07, 6.45) is 0.869. The van der Waals surface area contributed by atoms with Gasteiger partial charge in [-0.25, -0.2) is 0 Å². The van der Waals surface area contributed by atoms with Crippen LogP contribution in [0.1, 0.15) is 32.2 Å². The van der Waals surface area contributed by atoms with E-state index in [-0.39, 0.29) is 12.5 Å². The zero-order chi connectivity index (χ0) is 11.1. The summed E-state index contributed by atoms with van der Waals surface area (Å²) in [6.45, 7) is 8.10. The fourth-order valence-corrected chi connectivity index (χ4v) is 1.17. The van der Waals surface area contributed by atoms with E-state index >= 15 is 0 Å². The predicted molar refractivity (Wildman–Crippen MR) is 56.9 cm³/mol. The first-order chi connectivity index (χ1) is 6.63. The Bertz CT molecular complexity index is 292. The van der Waals surface area contributed by atoms with Crippen LogP contribution < -0.4 is 5.73 Å². The van der Waals surface area contributed by atoms with Crippen LogP contribution in [0.3, 0.4) is 0 Å². The van der Waals surface area contributed by atoms with Crippen LogP contribution in [-0.4, -0.2) is 15.7 Å². The van der Waals surface area contributed by atoms with E-state index in [2.05, 4.69) is 5.10 Å². The van der Waals surface area contributed by atoms with Gasteiger partial charge in [0.2, 0.25) is 5.91 Å². The third-order valence-electron chi connectivity index (χ3n) is 1.65. The summed E-state index contributed by atoms with van der Waals surface area (Å²) in [5, 5.41) is 4.14. The van der Waals surface area contributed by atoms with Crippen molar-refractivity contribution in [1.29, 1.82) is 0 Å². The third-order valence-corrected chi connectivity index (χ3v) is 1.65. The normalized spacial score (nSPS) is 9.14. The molecule has 0 atom stereocenters. The lowest BCUT2D eigenvalue weighted by atomic mass is 10.3. The van der Waals surface area contributed by atoms with Gasteiger partial charge in [0.1, 0.15) is 6.54 Å². The number of aryl methyl sites for hydroxylation is 2. The topological polar surface area (TPSA) is 60.9 Å². The van der Waals surface area contributed by atoms with Crippen molar-refractivity contribution < 1.29 is 4.79 Å². The van der Waals surface area contributed by atoms with Crippen LogP contribution in [-0.2, 0) is 17.8 Å². The van der Waals surface area contributed by atoms with Crippen LogP contribution in [0, 0.1) is 6.92 Å². The lowest BCUT2D eigenvalue weighted by molar-refractivity contribution is -0.118. The van der Waals surface area contributed by atoms with Gasteiger partial charge in [0.25, 0.3) is 0 Å². The van der Waals surface area contributed by atoms with Gasteiger partial charge in [-0.15, -0.1) is 0 Å². The van der Waals surface area contributed by atoms with E-state index in [0.29, 0.717) is 0 Å². The Morgan fingerprint density at radius 1 is 1.57 bits per heavy atom. The number of carbonyl (C=O) groups excluding carboxylic acids is 1. The SMILES string of the molecule is CC.CCc1cc(C)nn1CC(N)=O. The molecule has 0 bridgehead atoms. The molecule has 0 spiro atoms. The lowest BCUT2D eigenvalue weighted by Gasteiger charge is -2.00. The summed E-state index contributed by atoms with van der Waals surface area (Å²) in [4.78, 5) is 10.6. The Kier molecular flexibility index (Phi) is 5.60. The number of amides is 1. The maximum Gasteiger partial charge on any atom is 0.239 e. The van der Waals surface area contributed by atoms with E-state index in [4.69, 9.17) is 5.73 Å². The van der Waals surface area contributed by atoms with E-state index in [1.54, 1.807) is 4.68 Å². The molecule has 1 aromatic heterocycles. The molecule has 4 nitrogen and oxygen atoms in total. The van der Waals surface area contributed by atoms with Gasteiger partial charge in [-0.05, 0) is 19.4 Å². The Morgan fingerprint density at radius 2 is 2.14 bits per heavy atom. The first kappa shape index (κ1) is 12.7. The van der Waals surface area contributed by atoms with Crippen LogP contribution in [0.5, 0.6) is 0 Å². The van der Waals surface area contributed by atoms with Gasteiger partial charge in [0, 0.05) is 5.69 Å². The molecular weight excluding hydrogens is 178 g/mol. The fraction of sp³-hybridized carbons (Fsp3) is 0.600. The molecule has 0 saturated carbocycles. The van der Waals surface area contributed by atoms with E-state index in [0.717, 1.165) is 17.8 Å². The Hall–Kier alpha value is -1.32. The van der Waals surface area contributed by atoms with Gasteiger partial charge in [-0.2, -0.15) is 5.10 Å². The maximum atomic E-state index is 10.6. The zero-order valence-electron chi connectivity index (χ0n) is 9.37. The quantitative estimate of drug-likeness (QED) is 0.793. The molecule has 1 heterocycles. The van der Waals surface area contributed by atoms with Crippen molar-refractivity contribution in [3.63, 3.8) is 0 Å². The molecular formula is C10H19N3O. The number of hydrogen-bond acceptors (Lipinski definition) is 2. The van der Waals surface area contributed by atoms with Gasteiger partial charge >= 0.3 is 0 Å². The fourth-order valence-electron chi connectivity index (χ4n) is 1.17. The molecule has 0 aliphatic rings. The Balaban J connectivity index is 0.000000791. The van der Waals surface area contributed by atoms with Crippen molar-refractivity contribution in [2.75, 3.05) is 0 Å². The van der Waals surface area contributed by atoms with Gasteiger partial charge in [-0.3, -0.25) is 9.48 Å². The molecule has 1 rings (SSSR count). The number of hydrogen-bond donors (Lipinski definition) is 1. The molecule has 1 amide bonds. The zero-order valence-corrected chi connectivity index (χ0v) is 9.37. The Morgan fingerprint density at radius 3 is 2.57 bits per heavy atom. The molecule has 0 aliphatic heterocycles. The number of nitrogens with two attached hydrogens (primary N) is 1. The molecule has 0 aliphatic carbocycles. The van der Waals surface area contributed by atoms with Crippen molar-refractivity contribution in [2.45, 2.75) is 40.7 Å². The molecule has 0 unspecified atom stereocenters. The molecule has 2 N–H and O–H groups in total. The molecule has 14 heavy (non-hydrogen) atoms. The van der Waals surface area contributed by atoms with Crippen LogP contribution in [0.25, 0.3) is 0 Å². The van der Waals surface area contributed by atoms with Crippen LogP contribution >= 0.6 is 0 Å². The number of carbonyl (C=O) groups is 1. The van der Waals surface area contributed by atoms with E-state index < -0.39 is 0 Å². The van der Waals surface area contributed by atoms with Crippen molar-refractivity contribution in [2.24, 2.45) is 5.73 Å². The number of rotatable bonds is 3. The van der Waals surface area contributed by atoms with E-state index in [1.165, 1.54) is 0 Å². The van der Waals surface area contributed by atoms with Gasteiger partial charge in [0.05, 0.1) is 5.69 Å². The maximum absolute atomic E-state index is 10.6. The van der Waals surface area contributed by atoms with Crippen LogP contribution in [0.15, 0.2) is 6.07 Å². The number of primary amides is 1. The highest BCUT2D eigenvalue weighted by Crippen LogP contribution is 2.03. The van der Waals surface area contributed by atoms with E-state index in [9.17, 15) is 4.79 Å². The minimum absolute atomic E-state index is 0.178.